The Morgan fingerprint density at radius 2 is 1.89 bits per heavy atom. The molecule has 0 aliphatic heterocycles. The lowest BCUT2D eigenvalue weighted by Gasteiger charge is -2.58. The summed E-state index contributed by atoms with van der Waals surface area (Å²) < 4.78 is 31.6. The Kier molecular flexibility index (Phi) is 9.29. The van der Waals surface area contributed by atoms with Crippen molar-refractivity contribution in [1.82, 2.24) is 15.4 Å². The molecule has 160 valence electrons. The highest BCUT2D eigenvalue weighted by molar-refractivity contribution is 14.0. The summed E-state index contributed by atoms with van der Waals surface area (Å²) in [6, 6.07) is 0.358. The first-order valence-electron chi connectivity index (χ1n) is 9.69. The summed E-state index contributed by atoms with van der Waals surface area (Å²) in [4.78, 5) is 4.33. The number of ether oxygens (including phenoxy) is 1. The Hall–Kier alpha value is -0.130. The van der Waals surface area contributed by atoms with Crippen molar-refractivity contribution in [3.63, 3.8) is 0 Å². The summed E-state index contributed by atoms with van der Waals surface area (Å²) >= 11 is 0. The zero-order valence-corrected chi connectivity index (χ0v) is 20.4. The van der Waals surface area contributed by atoms with E-state index in [2.05, 4.69) is 27.3 Å². The monoisotopic (exact) mass is 516 g/mol. The number of hydrogen-bond donors (Lipinski definition) is 3. The highest BCUT2D eigenvalue weighted by Gasteiger charge is 2.55. The number of nitrogens with zero attached hydrogens (tertiary/aromatic N) is 1. The Bertz CT molecular complexity index is 604. The summed E-state index contributed by atoms with van der Waals surface area (Å²) in [5.41, 5.74) is -0.381. The molecule has 7 nitrogen and oxygen atoms in total. The third-order valence-electron chi connectivity index (χ3n) is 5.63. The highest BCUT2D eigenvalue weighted by atomic mass is 127. The second kappa shape index (κ2) is 10.1. The molecule has 2 fully saturated rings. The molecule has 2 aliphatic carbocycles. The standard InChI is InChI=1S/C18H36N4O3S.HI/c1-6-25-15-12-14(18(15)10-8-7-9-11-18)21-16(19-4)20-13-17(2,3)22-26(5,23)24;/h14-15,22H,6-13H2,1-5H3,(H2,19,20,21);1H. The van der Waals surface area contributed by atoms with Crippen LogP contribution in [-0.2, 0) is 14.8 Å². The van der Waals surface area contributed by atoms with Gasteiger partial charge in [0.25, 0.3) is 0 Å². The Morgan fingerprint density at radius 3 is 2.41 bits per heavy atom. The second-order valence-corrected chi connectivity index (χ2v) is 10.1. The minimum absolute atomic E-state index is 0. The van der Waals surface area contributed by atoms with E-state index in [1.165, 1.54) is 38.4 Å². The summed E-state index contributed by atoms with van der Waals surface area (Å²) in [6.07, 6.45) is 8.76. The molecule has 3 N–H and O–H groups in total. The Morgan fingerprint density at radius 1 is 1.26 bits per heavy atom. The fraction of sp³-hybridized carbons (Fsp3) is 0.944. The van der Waals surface area contributed by atoms with Crippen LogP contribution >= 0.6 is 24.0 Å². The zero-order chi connectivity index (χ0) is 19.4. The molecular formula is C18H37IN4O3S. The molecule has 0 amide bonds. The van der Waals surface area contributed by atoms with Crippen molar-refractivity contribution in [1.29, 1.82) is 0 Å². The lowest BCUT2D eigenvalue weighted by atomic mass is 9.55. The lowest BCUT2D eigenvalue weighted by molar-refractivity contribution is -0.145. The van der Waals surface area contributed by atoms with Crippen LogP contribution in [0.3, 0.4) is 0 Å². The summed E-state index contributed by atoms with van der Waals surface area (Å²) in [6.45, 7) is 6.98. The first kappa shape index (κ1) is 24.9. The summed E-state index contributed by atoms with van der Waals surface area (Å²) in [5.74, 6) is 0.721. The van der Waals surface area contributed by atoms with Gasteiger partial charge in [-0.2, -0.15) is 0 Å². The van der Waals surface area contributed by atoms with E-state index < -0.39 is 15.6 Å². The quantitative estimate of drug-likeness (QED) is 0.274. The van der Waals surface area contributed by atoms with Crippen LogP contribution in [0.2, 0.25) is 0 Å². The molecule has 9 heteroatoms. The highest BCUT2D eigenvalue weighted by Crippen LogP contribution is 2.53. The first-order valence-corrected chi connectivity index (χ1v) is 11.6. The van der Waals surface area contributed by atoms with Crippen LogP contribution in [0, 0.1) is 5.41 Å². The SMILES string of the molecule is CCOC1CC(NC(=NC)NCC(C)(C)NS(C)(=O)=O)C12CCCCC2.I. The van der Waals surface area contributed by atoms with Gasteiger partial charge in [-0.05, 0) is 40.0 Å². The number of halogens is 1. The van der Waals surface area contributed by atoms with Gasteiger partial charge in [0, 0.05) is 37.2 Å². The summed E-state index contributed by atoms with van der Waals surface area (Å²) in [7, 11) is -1.51. The number of nitrogens with one attached hydrogen (secondary N) is 3. The van der Waals surface area contributed by atoms with Crippen molar-refractivity contribution >= 4 is 40.0 Å². The molecule has 0 aromatic rings. The molecule has 0 aromatic carbocycles. The van der Waals surface area contributed by atoms with Gasteiger partial charge in [0.05, 0.1) is 12.4 Å². The van der Waals surface area contributed by atoms with Gasteiger partial charge in [0.1, 0.15) is 0 Å². The maximum absolute atomic E-state index is 11.5. The van der Waals surface area contributed by atoms with Crippen LogP contribution in [0.4, 0.5) is 0 Å². The molecule has 0 aromatic heterocycles. The van der Waals surface area contributed by atoms with E-state index in [1.54, 1.807) is 7.05 Å². The smallest absolute Gasteiger partial charge is 0.209 e. The average Bonchev–Trinajstić information content (AvgIpc) is 2.55. The molecule has 0 bridgehead atoms. The fourth-order valence-corrected chi connectivity index (χ4v) is 5.54. The van der Waals surface area contributed by atoms with Crippen molar-refractivity contribution in [2.45, 2.75) is 77.0 Å². The van der Waals surface area contributed by atoms with E-state index >= 15 is 0 Å². The van der Waals surface area contributed by atoms with Crippen LogP contribution in [-0.4, -0.2) is 58.5 Å². The first-order chi connectivity index (χ1) is 12.1. The normalized spacial score (nSPS) is 25.4. The van der Waals surface area contributed by atoms with Crippen molar-refractivity contribution in [2.24, 2.45) is 10.4 Å². The predicted molar refractivity (Wildman–Crippen MR) is 121 cm³/mol. The van der Waals surface area contributed by atoms with E-state index in [0.717, 1.165) is 19.0 Å². The van der Waals surface area contributed by atoms with E-state index in [0.29, 0.717) is 18.7 Å². The van der Waals surface area contributed by atoms with Gasteiger partial charge < -0.3 is 15.4 Å². The van der Waals surface area contributed by atoms with E-state index in [-0.39, 0.29) is 29.4 Å². The molecule has 0 saturated heterocycles. The molecule has 2 atom stereocenters. The van der Waals surface area contributed by atoms with Gasteiger partial charge in [0.2, 0.25) is 10.0 Å². The molecular weight excluding hydrogens is 479 g/mol. The number of rotatable bonds is 7. The van der Waals surface area contributed by atoms with Crippen LogP contribution in [0.25, 0.3) is 0 Å². The Labute approximate surface area is 181 Å². The van der Waals surface area contributed by atoms with Gasteiger partial charge in [0.15, 0.2) is 5.96 Å². The number of hydrogen-bond acceptors (Lipinski definition) is 4. The maximum atomic E-state index is 11.5. The average molecular weight is 516 g/mol. The molecule has 2 rings (SSSR count). The molecule has 0 heterocycles. The molecule has 1 spiro atoms. The van der Waals surface area contributed by atoms with E-state index in [1.807, 2.05) is 13.8 Å². The minimum Gasteiger partial charge on any atom is -0.378 e. The predicted octanol–water partition coefficient (Wildman–Crippen LogP) is 2.23. The number of sulfonamides is 1. The third-order valence-corrected chi connectivity index (χ3v) is 6.55. The van der Waals surface area contributed by atoms with Crippen molar-refractivity contribution < 1.29 is 13.2 Å². The van der Waals surface area contributed by atoms with Gasteiger partial charge in [-0.1, -0.05) is 19.3 Å². The zero-order valence-electron chi connectivity index (χ0n) is 17.3. The van der Waals surface area contributed by atoms with E-state index in [4.69, 9.17) is 4.74 Å². The van der Waals surface area contributed by atoms with Crippen molar-refractivity contribution in [3.8, 4) is 0 Å². The van der Waals surface area contributed by atoms with E-state index in [9.17, 15) is 8.42 Å². The van der Waals surface area contributed by atoms with Gasteiger partial charge in [-0.15, -0.1) is 24.0 Å². The summed E-state index contributed by atoms with van der Waals surface area (Å²) in [5, 5.41) is 6.84. The fourth-order valence-electron chi connectivity index (χ4n) is 4.47. The maximum Gasteiger partial charge on any atom is 0.209 e. The van der Waals surface area contributed by atoms with Crippen molar-refractivity contribution in [3.05, 3.63) is 0 Å². The molecule has 2 aliphatic rings. The number of guanidine groups is 1. The van der Waals surface area contributed by atoms with Crippen molar-refractivity contribution in [2.75, 3.05) is 26.5 Å². The van der Waals surface area contributed by atoms with Crippen LogP contribution in [0.15, 0.2) is 4.99 Å². The van der Waals surface area contributed by atoms with Crippen LogP contribution in [0.5, 0.6) is 0 Å². The van der Waals surface area contributed by atoms with Crippen LogP contribution < -0.4 is 15.4 Å². The molecule has 0 radical (unpaired) electrons. The molecule has 2 unspecified atom stereocenters. The number of aliphatic imine (C=N–C) groups is 1. The second-order valence-electron chi connectivity index (χ2n) is 8.35. The minimum atomic E-state index is -3.26. The molecule has 2 saturated carbocycles. The van der Waals surface area contributed by atoms with Crippen LogP contribution in [0.1, 0.15) is 59.3 Å². The third kappa shape index (κ3) is 6.71. The van der Waals surface area contributed by atoms with Gasteiger partial charge in [-0.25, -0.2) is 13.1 Å². The van der Waals surface area contributed by atoms with Gasteiger partial charge >= 0.3 is 0 Å². The molecule has 27 heavy (non-hydrogen) atoms. The Balaban J connectivity index is 0.00000364. The largest absolute Gasteiger partial charge is 0.378 e. The van der Waals surface area contributed by atoms with Gasteiger partial charge in [-0.3, -0.25) is 4.99 Å². The lowest BCUT2D eigenvalue weighted by Crippen LogP contribution is -2.67. The topological polar surface area (TPSA) is 91.8 Å².